The van der Waals surface area contributed by atoms with E-state index < -0.39 is 0 Å². The molecule has 0 bridgehead atoms. The number of oxazole rings is 1. The summed E-state index contributed by atoms with van der Waals surface area (Å²) in [5.74, 6) is 1.28. The summed E-state index contributed by atoms with van der Waals surface area (Å²) in [4.78, 5) is 22.9. The first-order valence-electron chi connectivity index (χ1n) is 10.1. The van der Waals surface area contributed by atoms with Crippen molar-refractivity contribution in [2.45, 2.75) is 19.3 Å². The zero-order chi connectivity index (χ0) is 21.2. The molecular formula is C24H21N3O2S2. The second kappa shape index (κ2) is 8.53. The molecule has 1 atom stereocenters. The number of thiophene rings is 2. The number of rotatable bonds is 7. The van der Waals surface area contributed by atoms with Crippen molar-refractivity contribution < 1.29 is 9.21 Å². The lowest BCUT2D eigenvalue weighted by molar-refractivity contribution is -0.120. The molecule has 2 N–H and O–H groups in total. The molecule has 0 spiro atoms. The highest BCUT2D eigenvalue weighted by Gasteiger charge is 2.21. The van der Waals surface area contributed by atoms with Crippen molar-refractivity contribution in [1.82, 2.24) is 15.3 Å². The molecule has 1 amide bonds. The van der Waals surface area contributed by atoms with Gasteiger partial charge >= 0.3 is 0 Å². The monoisotopic (exact) mass is 447 g/mol. The molecule has 5 aromatic rings. The summed E-state index contributed by atoms with van der Waals surface area (Å²) in [6.07, 6.45) is 2.25. The topological polar surface area (TPSA) is 70.9 Å². The second-order valence-electron chi connectivity index (χ2n) is 7.34. The number of carbonyl (C=O) groups is 1. The van der Waals surface area contributed by atoms with Crippen LogP contribution in [-0.2, 0) is 11.2 Å². The number of hydrogen-bond donors (Lipinski definition) is 2. The van der Waals surface area contributed by atoms with Gasteiger partial charge in [-0.1, -0.05) is 30.3 Å². The normalized spacial score (nSPS) is 12.3. The number of nitrogens with one attached hydrogen (secondary N) is 2. The standard InChI is InChI=1S/C24H21N3O2S2/c1-15-20(27-24(29-15)22-9-5-11-31-22)12-23(28)26-14-18(21-8-4-10-30-21)17-13-25-19-7-3-2-6-16(17)19/h2-11,13,18,25H,12,14H2,1H3,(H,26,28). The Bertz CT molecular complexity index is 1300. The van der Waals surface area contributed by atoms with E-state index in [-0.39, 0.29) is 18.2 Å². The Morgan fingerprint density at radius 1 is 1.13 bits per heavy atom. The first-order valence-corrected chi connectivity index (χ1v) is 11.8. The Labute approximate surface area is 187 Å². The maximum absolute atomic E-state index is 12.8. The van der Waals surface area contributed by atoms with Gasteiger partial charge < -0.3 is 14.7 Å². The van der Waals surface area contributed by atoms with E-state index in [0.717, 1.165) is 10.4 Å². The first kappa shape index (κ1) is 19.8. The van der Waals surface area contributed by atoms with Gasteiger partial charge in [0.2, 0.25) is 11.8 Å². The molecule has 0 saturated carbocycles. The zero-order valence-electron chi connectivity index (χ0n) is 16.9. The Kier molecular flexibility index (Phi) is 5.44. The largest absolute Gasteiger partial charge is 0.440 e. The summed E-state index contributed by atoms with van der Waals surface area (Å²) in [5.41, 5.74) is 2.97. The van der Waals surface area contributed by atoms with Crippen molar-refractivity contribution in [1.29, 1.82) is 0 Å². The predicted octanol–water partition coefficient (Wildman–Crippen LogP) is 5.75. The van der Waals surface area contributed by atoms with Crippen LogP contribution in [0.3, 0.4) is 0 Å². The summed E-state index contributed by atoms with van der Waals surface area (Å²) in [6.45, 7) is 2.38. The maximum atomic E-state index is 12.8. The number of amides is 1. The third kappa shape index (κ3) is 4.06. The van der Waals surface area contributed by atoms with Crippen LogP contribution in [0.25, 0.3) is 21.7 Å². The molecule has 0 aliphatic rings. The lowest BCUT2D eigenvalue weighted by Gasteiger charge is -2.16. The highest BCUT2D eigenvalue weighted by Crippen LogP contribution is 2.33. The van der Waals surface area contributed by atoms with Crippen molar-refractivity contribution in [2.24, 2.45) is 0 Å². The number of nitrogens with zero attached hydrogens (tertiary/aromatic N) is 1. The maximum Gasteiger partial charge on any atom is 0.236 e. The fraction of sp³-hybridized carbons (Fsp3) is 0.167. The molecule has 4 heterocycles. The summed E-state index contributed by atoms with van der Waals surface area (Å²) < 4.78 is 5.77. The van der Waals surface area contributed by atoms with E-state index in [1.165, 1.54) is 15.8 Å². The second-order valence-corrected chi connectivity index (χ2v) is 9.26. The number of hydrogen-bond acceptors (Lipinski definition) is 5. The molecule has 0 radical (unpaired) electrons. The quantitative estimate of drug-likeness (QED) is 0.334. The number of aryl methyl sites for hydroxylation is 1. The molecule has 7 heteroatoms. The summed E-state index contributed by atoms with van der Waals surface area (Å²) >= 11 is 3.28. The van der Waals surface area contributed by atoms with Gasteiger partial charge in [-0.25, -0.2) is 4.98 Å². The SMILES string of the molecule is Cc1oc(-c2cccs2)nc1CC(=O)NCC(c1cccs1)c1c[nH]c2ccccc12. The Morgan fingerprint density at radius 2 is 1.97 bits per heavy atom. The summed E-state index contributed by atoms with van der Waals surface area (Å²) in [6, 6.07) is 16.4. The van der Waals surface area contributed by atoms with Gasteiger partial charge in [0.15, 0.2) is 0 Å². The minimum absolute atomic E-state index is 0.0597. The average Bonchev–Trinajstić information content (AvgIpc) is 3.57. The smallest absolute Gasteiger partial charge is 0.236 e. The van der Waals surface area contributed by atoms with Gasteiger partial charge in [-0.3, -0.25) is 4.79 Å². The average molecular weight is 448 g/mol. The van der Waals surface area contributed by atoms with E-state index in [0.29, 0.717) is 23.9 Å². The van der Waals surface area contributed by atoms with Crippen molar-refractivity contribution in [3.8, 4) is 10.8 Å². The van der Waals surface area contributed by atoms with E-state index in [1.54, 1.807) is 22.7 Å². The number of fused-ring (bicyclic) bond motifs is 1. The van der Waals surface area contributed by atoms with Gasteiger partial charge in [0, 0.05) is 34.4 Å². The van der Waals surface area contributed by atoms with Crippen LogP contribution >= 0.6 is 22.7 Å². The van der Waals surface area contributed by atoms with E-state index >= 15 is 0 Å². The van der Waals surface area contributed by atoms with E-state index in [9.17, 15) is 4.79 Å². The van der Waals surface area contributed by atoms with Crippen LogP contribution in [-0.4, -0.2) is 22.4 Å². The third-order valence-corrected chi connectivity index (χ3v) is 7.18. The minimum Gasteiger partial charge on any atom is -0.440 e. The molecule has 4 aromatic heterocycles. The van der Waals surface area contributed by atoms with E-state index in [1.807, 2.05) is 36.6 Å². The van der Waals surface area contributed by atoms with Gasteiger partial charge in [-0.15, -0.1) is 22.7 Å². The molecule has 1 aromatic carbocycles. The van der Waals surface area contributed by atoms with Crippen LogP contribution < -0.4 is 5.32 Å². The van der Waals surface area contributed by atoms with Crippen molar-refractivity contribution >= 4 is 39.5 Å². The molecule has 0 aliphatic carbocycles. The van der Waals surface area contributed by atoms with Crippen LogP contribution in [0.5, 0.6) is 0 Å². The molecule has 5 nitrogen and oxygen atoms in total. The third-order valence-electron chi connectivity index (χ3n) is 5.34. The number of aromatic nitrogens is 2. The Hall–Kier alpha value is -3.16. The number of H-pyrrole nitrogens is 1. The lowest BCUT2D eigenvalue weighted by Crippen LogP contribution is -2.30. The van der Waals surface area contributed by atoms with Crippen molar-refractivity contribution in [3.05, 3.63) is 87.4 Å². The zero-order valence-corrected chi connectivity index (χ0v) is 18.6. The van der Waals surface area contributed by atoms with Crippen LogP contribution in [0.4, 0.5) is 0 Å². The van der Waals surface area contributed by atoms with E-state index in [4.69, 9.17) is 4.42 Å². The van der Waals surface area contributed by atoms with Gasteiger partial charge in [0.25, 0.3) is 0 Å². The van der Waals surface area contributed by atoms with Gasteiger partial charge in [-0.05, 0) is 41.4 Å². The minimum atomic E-state index is -0.0597. The molecule has 1 unspecified atom stereocenters. The molecule has 5 rings (SSSR count). The van der Waals surface area contributed by atoms with Gasteiger partial charge in [0.1, 0.15) is 5.76 Å². The van der Waals surface area contributed by atoms with Gasteiger partial charge in [-0.2, -0.15) is 0 Å². The molecule has 156 valence electrons. The number of carbonyl (C=O) groups excluding carboxylic acids is 1. The molecule has 31 heavy (non-hydrogen) atoms. The molecular weight excluding hydrogens is 426 g/mol. The number of benzene rings is 1. The first-order chi connectivity index (χ1) is 15.2. The van der Waals surface area contributed by atoms with Crippen LogP contribution in [0.1, 0.15) is 27.8 Å². The lowest BCUT2D eigenvalue weighted by atomic mass is 9.96. The number of aromatic amines is 1. The molecule has 0 aliphatic heterocycles. The fourth-order valence-electron chi connectivity index (χ4n) is 3.76. The summed E-state index contributed by atoms with van der Waals surface area (Å²) in [5, 5.41) is 8.36. The molecule has 0 saturated heterocycles. The highest BCUT2D eigenvalue weighted by molar-refractivity contribution is 7.13. The predicted molar refractivity (Wildman–Crippen MR) is 126 cm³/mol. The van der Waals surface area contributed by atoms with Crippen molar-refractivity contribution in [3.63, 3.8) is 0 Å². The van der Waals surface area contributed by atoms with Crippen LogP contribution in [0, 0.1) is 6.92 Å². The van der Waals surface area contributed by atoms with E-state index in [2.05, 4.69) is 51.1 Å². The fourth-order valence-corrected chi connectivity index (χ4v) is 5.26. The van der Waals surface area contributed by atoms with Crippen molar-refractivity contribution in [2.75, 3.05) is 6.54 Å². The molecule has 0 fully saturated rings. The van der Waals surface area contributed by atoms with Gasteiger partial charge in [0.05, 0.1) is 17.0 Å². The van der Waals surface area contributed by atoms with Crippen LogP contribution in [0.2, 0.25) is 0 Å². The van der Waals surface area contributed by atoms with Crippen LogP contribution in [0.15, 0.2) is 69.9 Å². The Balaban J connectivity index is 1.33. The highest BCUT2D eigenvalue weighted by atomic mass is 32.1. The Morgan fingerprint density at radius 3 is 2.77 bits per heavy atom. The summed E-state index contributed by atoms with van der Waals surface area (Å²) in [7, 11) is 0. The number of para-hydroxylation sites is 1.